The SMILES string of the molecule is Cc1nc(C(=O)N2CCC(C)(C)C2)ccc1C(=O)O. The van der Waals surface area contributed by atoms with Crippen molar-refractivity contribution in [3.05, 3.63) is 29.1 Å². The Morgan fingerprint density at radius 2 is 2.05 bits per heavy atom. The Morgan fingerprint density at radius 3 is 2.53 bits per heavy atom. The molecule has 1 aliphatic rings. The van der Waals surface area contributed by atoms with Gasteiger partial charge in [0.15, 0.2) is 0 Å². The number of carboxylic acids is 1. The molecule has 0 saturated carbocycles. The van der Waals surface area contributed by atoms with Gasteiger partial charge in [-0.3, -0.25) is 4.79 Å². The van der Waals surface area contributed by atoms with Crippen molar-refractivity contribution in [2.24, 2.45) is 5.41 Å². The number of amides is 1. The van der Waals surface area contributed by atoms with Crippen LogP contribution in [-0.4, -0.2) is 40.0 Å². The molecule has 102 valence electrons. The average molecular weight is 262 g/mol. The molecular formula is C14H18N2O3. The Kier molecular flexibility index (Phi) is 3.30. The van der Waals surface area contributed by atoms with Crippen LogP contribution in [0, 0.1) is 12.3 Å². The van der Waals surface area contributed by atoms with Crippen molar-refractivity contribution >= 4 is 11.9 Å². The predicted octanol–water partition coefficient (Wildman–Crippen LogP) is 1.96. The third-order valence-corrected chi connectivity index (χ3v) is 3.50. The van der Waals surface area contributed by atoms with E-state index in [1.165, 1.54) is 12.1 Å². The number of carbonyl (C=O) groups is 2. The van der Waals surface area contributed by atoms with Gasteiger partial charge in [0, 0.05) is 13.1 Å². The molecule has 1 N–H and O–H groups in total. The summed E-state index contributed by atoms with van der Waals surface area (Å²) < 4.78 is 0. The maximum atomic E-state index is 12.3. The lowest BCUT2D eigenvalue weighted by atomic mass is 9.93. The van der Waals surface area contributed by atoms with E-state index in [0.717, 1.165) is 13.0 Å². The summed E-state index contributed by atoms with van der Waals surface area (Å²) in [6.07, 6.45) is 0.977. The van der Waals surface area contributed by atoms with Gasteiger partial charge in [-0.25, -0.2) is 9.78 Å². The first-order chi connectivity index (χ1) is 8.80. The summed E-state index contributed by atoms with van der Waals surface area (Å²) in [4.78, 5) is 29.1. The van der Waals surface area contributed by atoms with E-state index in [2.05, 4.69) is 18.8 Å². The second-order valence-corrected chi connectivity index (χ2v) is 5.78. The summed E-state index contributed by atoms with van der Waals surface area (Å²) >= 11 is 0. The van der Waals surface area contributed by atoms with Crippen LogP contribution >= 0.6 is 0 Å². The Hall–Kier alpha value is -1.91. The van der Waals surface area contributed by atoms with Gasteiger partial charge in [0.05, 0.1) is 11.3 Å². The number of nitrogens with zero attached hydrogens (tertiary/aromatic N) is 2. The minimum Gasteiger partial charge on any atom is -0.478 e. The molecule has 1 aliphatic heterocycles. The van der Waals surface area contributed by atoms with Crippen molar-refractivity contribution < 1.29 is 14.7 Å². The van der Waals surface area contributed by atoms with Gasteiger partial charge < -0.3 is 10.0 Å². The van der Waals surface area contributed by atoms with Gasteiger partial charge in [-0.2, -0.15) is 0 Å². The van der Waals surface area contributed by atoms with Gasteiger partial charge in [-0.05, 0) is 30.9 Å². The number of aromatic nitrogens is 1. The molecule has 0 aliphatic carbocycles. The third-order valence-electron chi connectivity index (χ3n) is 3.50. The van der Waals surface area contributed by atoms with Crippen molar-refractivity contribution in [2.75, 3.05) is 13.1 Å². The zero-order valence-electron chi connectivity index (χ0n) is 11.4. The van der Waals surface area contributed by atoms with E-state index < -0.39 is 5.97 Å². The normalized spacial score (nSPS) is 17.5. The molecule has 1 fully saturated rings. The first-order valence-electron chi connectivity index (χ1n) is 6.30. The highest BCUT2D eigenvalue weighted by atomic mass is 16.4. The van der Waals surface area contributed by atoms with E-state index in [9.17, 15) is 9.59 Å². The number of aryl methyl sites for hydroxylation is 1. The van der Waals surface area contributed by atoms with Gasteiger partial charge in [0.1, 0.15) is 5.69 Å². The van der Waals surface area contributed by atoms with E-state index in [0.29, 0.717) is 17.9 Å². The van der Waals surface area contributed by atoms with Crippen LogP contribution in [0.5, 0.6) is 0 Å². The van der Waals surface area contributed by atoms with Crippen molar-refractivity contribution in [1.82, 2.24) is 9.88 Å². The lowest BCUT2D eigenvalue weighted by Gasteiger charge is -2.19. The molecule has 2 heterocycles. The molecule has 0 aromatic carbocycles. The molecule has 2 rings (SSSR count). The molecule has 0 spiro atoms. The molecule has 0 atom stereocenters. The molecule has 0 unspecified atom stereocenters. The van der Waals surface area contributed by atoms with E-state index in [4.69, 9.17) is 5.11 Å². The second-order valence-electron chi connectivity index (χ2n) is 5.78. The zero-order valence-corrected chi connectivity index (χ0v) is 11.4. The quantitative estimate of drug-likeness (QED) is 0.884. The Labute approximate surface area is 112 Å². The minimum absolute atomic E-state index is 0.120. The highest BCUT2D eigenvalue weighted by molar-refractivity contribution is 5.94. The molecule has 1 amide bonds. The molecule has 1 aromatic heterocycles. The fraction of sp³-hybridized carbons (Fsp3) is 0.500. The second kappa shape index (κ2) is 4.64. The van der Waals surface area contributed by atoms with E-state index >= 15 is 0 Å². The Balaban J connectivity index is 2.21. The van der Waals surface area contributed by atoms with Gasteiger partial charge in [-0.15, -0.1) is 0 Å². The molecule has 0 radical (unpaired) electrons. The third kappa shape index (κ3) is 2.75. The van der Waals surface area contributed by atoms with Crippen LogP contribution in [-0.2, 0) is 0 Å². The Bertz CT molecular complexity index is 537. The zero-order chi connectivity index (χ0) is 14.2. The van der Waals surface area contributed by atoms with Gasteiger partial charge in [0.25, 0.3) is 5.91 Å². The molecular weight excluding hydrogens is 244 g/mol. The minimum atomic E-state index is -1.02. The van der Waals surface area contributed by atoms with Crippen molar-refractivity contribution in [3.63, 3.8) is 0 Å². The average Bonchev–Trinajstić information content (AvgIpc) is 2.68. The standard InChI is InChI=1S/C14H18N2O3/c1-9-10(13(18)19)4-5-11(15-9)12(17)16-7-6-14(2,3)8-16/h4-5H,6-8H2,1-3H3,(H,18,19). The lowest BCUT2D eigenvalue weighted by molar-refractivity contribution is 0.0692. The van der Waals surface area contributed by atoms with E-state index in [1.807, 2.05) is 0 Å². The molecule has 1 saturated heterocycles. The lowest BCUT2D eigenvalue weighted by Crippen LogP contribution is -2.31. The highest BCUT2D eigenvalue weighted by Gasteiger charge is 2.33. The van der Waals surface area contributed by atoms with Crippen LogP contribution in [0.2, 0.25) is 0 Å². The fourth-order valence-electron chi connectivity index (χ4n) is 2.35. The smallest absolute Gasteiger partial charge is 0.337 e. The summed E-state index contributed by atoms with van der Waals surface area (Å²) in [6, 6.07) is 2.93. The number of likely N-dealkylation sites (tertiary alicyclic amines) is 1. The number of carbonyl (C=O) groups excluding carboxylic acids is 1. The summed E-state index contributed by atoms with van der Waals surface area (Å²) in [6.45, 7) is 7.31. The maximum Gasteiger partial charge on any atom is 0.337 e. The molecule has 5 heteroatoms. The van der Waals surface area contributed by atoms with Crippen LogP contribution in [0.4, 0.5) is 0 Å². The summed E-state index contributed by atoms with van der Waals surface area (Å²) in [7, 11) is 0. The number of aromatic carboxylic acids is 1. The maximum absolute atomic E-state index is 12.3. The van der Waals surface area contributed by atoms with Crippen LogP contribution in [0.15, 0.2) is 12.1 Å². The molecule has 19 heavy (non-hydrogen) atoms. The first-order valence-corrected chi connectivity index (χ1v) is 6.30. The summed E-state index contributed by atoms with van der Waals surface area (Å²) in [5.41, 5.74) is 0.974. The predicted molar refractivity (Wildman–Crippen MR) is 70.2 cm³/mol. The van der Waals surface area contributed by atoms with Crippen LogP contribution < -0.4 is 0 Å². The molecule has 0 bridgehead atoms. The van der Waals surface area contributed by atoms with Crippen LogP contribution in [0.1, 0.15) is 46.8 Å². The van der Waals surface area contributed by atoms with Gasteiger partial charge >= 0.3 is 5.97 Å². The van der Waals surface area contributed by atoms with Crippen molar-refractivity contribution in [3.8, 4) is 0 Å². The van der Waals surface area contributed by atoms with E-state index in [1.54, 1.807) is 11.8 Å². The summed E-state index contributed by atoms with van der Waals surface area (Å²) in [5.74, 6) is -1.14. The number of hydrogen-bond donors (Lipinski definition) is 1. The largest absolute Gasteiger partial charge is 0.478 e. The first kappa shape index (κ1) is 13.5. The Morgan fingerprint density at radius 1 is 1.37 bits per heavy atom. The number of rotatable bonds is 2. The van der Waals surface area contributed by atoms with Crippen molar-refractivity contribution in [2.45, 2.75) is 27.2 Å². The van der Waals surface area contributed by atoms with Gasteiger partial charge in [0.2, 0.25) is 0 Å². The topological polar surface area (TPSA) is 70.5 Å². The summed E-state index contributed by atoms with van der Waals surface area (Å²) in [5, 5.41) is 8.94. The van der Waals surface area contributed by atoms with Crippen LogP contribution in [0.25, 0.3) is 0 Å². The van der Waals surface area contributed by atoms with Crippen molar-refractivity contribution in [1.29, 1.82) is 0 Å². The fourth-order valence-corrected chi connectivity index (χ4v) is 2.35. The van der Waals surface area contributed by atoms with Gasteiger partial charge in [-0.1, -0.05) is 13.8 Å². The van der Waals surface area contributed by atoms with E-state index in [-0.39, 0.29) is 16.9 Å². The molecule has 1 aromatic rings. The number of pyridine rings is 1. The number of hydrogen-bond acceptors (Lipinski definition) is 3. The van der Waals surface area contributed by atoms with Crippen LogP contribution in [0.3, 0.4) is 0 Å². The monoisotopic (exact) mass is 262 g/mol. The highest BCUT2D eigenvalue weighted by Crippen LogP contribution is 2.29. The number of carboxylic acid groups (broad SMARTS) is 1. The molecule has 5 nitrogen and oxygen atoms in total.